The number of hydrogen-bond acceptors (Lipinski definition) is 2. The van der Waals surface area contributed by atoms with Crippen molar-refractivity contribution in [1.29, 1.82) is 0 Å². The smallest absolute Gasteiger partial charge is 0.152 e. The number of pyridine rings is 1. The average molecular weight is 199 g/mol. The van der Waals surface area contributed by atoms with Crippen LogP contribution in [0.5, 0.6) is 0 Å². The Labute approximate surface area is 84.3 Å². The van der Waals surface area contributed by atoms with Gasteiger partial charge in [0, 0.05) is 12.7 Å². The molecule has 0 amide bonds. The van der Waals surface area contributed by atoms with Gasteiger partial charge < -0.3 is 5.32 Å². The minimum Gasteiger partial charge on any atom is -0.382 e. The van der Waals surface area contributed by atoms with Crippen LogP contribution in [0.3, 0.4) is 0 Å². The van der Waals surface area contributed by atoms with Gasteiger partial charge in [0.2, 0.25) is 0 Å². The van der Waals surface area contributed by atoms with Gasteiger partial charge >= 0.3 is 0 Å². The molecule has 1 N–H and O–H groups in total. The van der Waals surface area contributed by atoms with Gasteiger partial charge in [-0.2, -0.15) is 0 Å². The average Bonchev–Trinajstić information content (AvgIpc) is 2.03. The van der Waals surface area contributed by atoms with Crippen LogP contribution in [-0.2, 0) is 0 Å². The maximum Gasteiger partial charge on any atom is 0.152 e. The molecule has 0 spiro atoms. The fourth-order valence-electron chi connectivity index (χ4n) is 1.04. The van der Waals surface area contributed by atoms with E-state index in [-0.39, 0.29) is 0 Å². The van der Waals surface area contributed by atoms with Crippen LogP contribution >= 0.6 is 11.6 Å². The predicted molar refractivity (Wildman–Crippen MR) is 57.3 cm³/mol. The summed E-state index contributed by atoms with van der Waals surface area (Å²) in [5.74, 6) is 0.607. The van der Waals surface area contributed by atoms with Crippen molar-refractivity contribution >= 4 is 17.3 Å². The van der Waals surface area contributed by atoms with Gasteiger partial charge in [0.15, 0.2) is 5.15 Å². The van der Waals surface area contributed by atoms with E-state index >= 15 is 0 Å². The number of anilines is 1. The first-order valence-corrected chi connectivity index (χ1v) is 4.84. The summed E-state index contributed by atoms with van der Waals surface area (Å²) in [6.45, 7) is 7.27. The zero-order valence-electron chi connectivity index (χ0n) is 8.26. The number of nitrogens with one attached hydrogen (secondary N) is 1. The highest BCUT2D eigenvalue weighted by Gasteiger charge is 2.04. The lowest BCUT2D eigenvalue weighted by Crippen LogP contribution is -2.09. The molecule has 0 unspecified atom stereocenters. The summed E-state index contributed by atoms with van der Waals surface area (Å²) in [6, 6.07) is 1.95. The second kappa shape index (κ2) is 4.47. The van der Waals surface area contributed by atoms with Crippen molar-refractivity contribution in [2.45, 2.75) is 20.8 Å². The van der Waals surface area contributed by atoms with E-state index in [9.17, 15) is 0 Å². The molecule has 1 aromatic rings. The molecule has 13 heavy (non-hydrogen) atoms. The molecule has 1 heterocycles. The Kier molecular flexibility index (Phi) is 3.55. The van der Waals surface area contributed by atoms with Gasteiger partial charge in [-0.1, -0.05) is 25.4 Å². The molecule has 2 nitrogen and oxygen atoms in total. The van der Waals surface area contributed by atoms with Gasteiger partial charge in [-0.25, -0.2) is 4.98 Å². The van der Waals surface area contributed by atoms with Crippen LogP contribution in [0, 0.1) is 12.8 Å². The van der Waals surface area contributed by atoms with Crippen molar-refractivity contribution in [2.24, 2.45) is 5.92 Å². The molecular weight excluding hydrogens is 184 g/mol. The summed E-state index contributed by atoms with van der Waals surface area (Å²) >= 11 is 5.94. The van der Waals surface area contributed by atoms with E-state index in [1.807, 2.05) is 13.0 Å². The van der Waals surface area contributed by atoms with Gasteiger partial charge in [-0.15, -0.1) is 0 Å². The highest BCUT2D eigenvalue weighted by Crippen LogP contribution is 2.22. The highest BCUT2D eigenvalue weighted by molar-refractivity contribution is 6.32. The molecule has 0 aliphatic carbocycles. The summed E-state index contributed by atoms with van der Waals surface area (Å²) < 4.78 is 0. The van der Waals surface area contributed by atoms with Crippen molar-refractivity contribution in [3.63, 3.8) is 0 Å². The van der Waals surface area contributed by atoms with E-state index in [0.717, 1.165) is 17.8 Å². The van der Waals surface area contributed by atoms with Crippen molar-refractivity contribution in [3.8, 4) is 0 Å². The van der Waals surface area contributed by atoms with Crippen molar-refractivity contribution < 1.29 is 0 Å². The summed E-state index contributed by atoms with van der Waals surface area (Å²) in [7, 11) is 0. The SMILES string of the molecule is Cc1ccnc(Cl)c1NCC(C)C. The molecule has 0 radical (unpaired) electrons. The minimum atomic E-state index is 0.556. The van der Waals surface area contributed by atoms with Crippen LogP contribution in [0.4, 0.5) is 5.69 Å². The fourth-order valence-corrected chi connectivity index (χ4v) is 1.32. The molecule has 0 saturated carbocycles. The number of hydrogen-bond donors (Lipinski definition) is 1. The summed E-state index contributed by atoms with van der Waals surface area (Å²) in [5, 5.41) is 3.84. The summed E-state index contributed by atoms with van der Waals surface area (Å²) in [6.07, 6.45) is 1.72. The van der Waals surface area contributed by atoms with E-state index in [2.05, 4.69) is 24.1 Å². The van der Waals surface area contributed by atoms with E-state index in [1.165, 1.54) is 0 Å². The lowest BCUT2D eigenvalue weighted by Gasteiger charge is -2.12. The lowest BCUT2D eigenvalue weighted by molar-refractivity contribution is 0.688. The number of nitrogens with zero attached hydrogens (tertiary/aromatic N) is 1. The molecule has 0 fully saturated rings. The first-order valence-electron chi connectivity index (χ1n) is 4.46. The van der Waals surface area contributed by atoms with E-state index < -0.39 is 0 Å². The normalized spacial score (nSPS) is 10.5. The molecule has 0 bridgehead atoms. The fraction of sp³-hybridized carbons (Fsp3) is 0.500. The third kappa shape index (κ3) is 2.88. The third-order valence-corrected chi connectivity index (χ3v) is 2.09. The number of aryl methyl sites for hydroxylation is 1. The topological polar surface area (TPSA) is 24.9 Å². The maximum atomic E-state index is 5.94. The number of halogens is 1. The van der Waals surface area contributed by atoms with Crippen LogP contribution < -0.4 is 5.32 Å². The van der Waals surface area contributed by atoms with Gasteiger partial charge in [-0.05, 0) is 24.5 Å². The lowest BCUT2D eigenvalue weighted by atomic mass is 10.2. The van der Waals surface area contributed by atoms with E-state index in [1.54, 1.807) is 6.20 Å². The Morgan fingerprint density at radius 1 is 1.54 bits per heavy atom. The molecule has 3 heteroatoms. The Morgan fingerprint density at radius 3 is 2.77 bits per heavy atom. The van der Waals surface area contributed by atoms with Crippen molar-refractivity contribution in [3.05, 3.63) is 23.0 Å². The standard InChI is InChI=1S/C10H15ClN2/c1-7(2)6-13-9-8(3)4-5-12-10(9)11/h4-5,7,13H,6H2,1-3H3. The quantitative estimate of drug-likeness (QED) is 0.755. The molecule has 72 valence electrons. The van der Waals surface area contributed by atoms with E-state index in [4.69, 9.17) is 11.6 Å². The van der Waals surface area contributed by atoms with Crippen LogP contribution in [0.25, 0.3) is 0 Å². The molecule has 1 rings (SSSR count). The molecule has 0 aliphatic rings. The Balaban J connectivity index is 2.75. The molecule has 0 aromatic carbocycles. The second-order valence-corrected chi connectivity index (χ2v) is 3.93. The summed E-state index contributed by atoms with van der Waals surface area (Å²) in [5.41, 5.74) is 2.10. The predicted octanol–water partition coefficient (Wildman–Crippen LogP) is 3.11. The van der Waals surface area contributed by atoms with Crippen LogP contribution in [0.1, 0.15) is 19.4 Å². The van der Waals surface area contributed by atoms with Gasteiger partial charge in [0.25, 0.3) is 0 Å². The van der Waals surface area contributed by atoms with Gasteiger partial charge in [-0.3, -0.25) is 0 Å². The molecular formula is C10H15ClN2. The largest absolute Gasteiger partial charge is 0.382 e. The van der Waals surface area contributed by atoms with Crippen LogP contribution in [0.15, 0.2) is 12.3 Å². The Hall–Kier alpha value is -0.760. The van der Waals surface area contributed by atoms with Crippen LogP contribution in [0.2, 0.25) is 5.15 Å². The maximum absolute atomic E-state index is 5.94. The zero-order chi connectivity index (χ0) is 9.84. The van der Waals surface area contributed by atoms with Crippen molar-refractivity contribution in [1.82, 2.24) is 4.98 Å². The van der Waals surface area contributed by atoms with Gasteiger partial charge in [0.1, 0.15) is 0 Å². The van der Waals surface area contributed by atoms with Gasteiger partial charge in [0.05, 0.1) is 5.69 Å². The van der Waals surface area contributed by atoms with Crippen LogP contribution in [-0.4, -0.2) is 11.5 Å². The monoisotopic (exact) mass is 198 g/mol. The van der Waals surface area contributed by atoms with Crippen molar-refractivity contribution in [2.75, 3.05) is 11.9 Å². The third-order valence-electron chi connectivity index (χ3n) is 1.80. The molecule has 1 aromatic heterocycles. The summed E-state index contributed by atoms with van der Waals surface area (Å²) in [4.78, 5) is 4.02. The number of aromatic nitrogens is 1. The second-order valence-electron chi connectivity index (χ2n) is 3.57. The first kappa shape index (κ1) is 10.3. The Morgan fingerprint density at radius 2 is 2.23 bits per heavy atom. The minimum absolute atomic E-state index is 0.556. The molecule has 0 aliphatic heterocycles. The molecule has 0 atom stereocenters. The first-order chi connectivity index (χ1) is 6.11. The zero-order valence-corrected chi connectivity index (χ0v) is 9.02. The number of rotatable bonds is 3. The Bertz CT molecular complexity index is 264. The highest BCUT2D eigenvalue weighted by atomic mass is 35.5. The van der Waals surface area contributed by atoms with E-state index in [0.29, 0.717) is 11.1 Å². The molecule has 0 saturated heterocycles.